The van der Waals surface area contributed by atoms with Crippen LogP contribution in [0.15, 0.2) is 0 Å². The Kier molecular flexibility index (Phi) is 4.83. The largest absolute Gasteiger partial charge is 0.378 e. The summed E-state index contributed by atoms with van der Waals surface area (Å²) in [5.74, 6) is 0. The summed E-state index contributed by atoms with van der Waals surface area (Å²) in [6.07, 6.45) is 9.73. The van der Waals surface area contributed by atoms with E-state index in [4.69, 9.17) is 4.74 Å². The van der Waals surface area contributed by atoms with Gasteiger partial charge in [-0.05, 0) is 52.7 Å². The van der Waals surface area contributed by atoms with Gasteiger partial charge in [-0.2, -0.15) is 0 Å². The van der Waals surface area contributed by atoms with Gasteiger partial charge in [-0.25, -0.2) is 0 Å². The predicted molar refractivity (Wildman–Crippen MR) is 71.3 cm³/mol. The van der Waals surface area contributed by atoms with Gasteiger partial charge in [-0.1, -0.05) is 12.8 Å². The summed E-state index contributed by atoms with van der Waals surface area (Å²) < 4.78 is 5.65. The molecule has 1 saturated heterocycles. The van der Waals surface area contributed by atoms with E-state index in [2.05, 4.69) is 24.3 Å². The number of likely N-dealkylation sites (N-methyl/N-ethyl adjacent to an activating group) is 1. The third-order valence-corrected chi connectivity index (χ3v) is 4.60. The first-order valence-corrected chi connectivity index (χ1v) is 7.23. The molecule has 0 aromatic heterocycles. The van der Waals surface area contributed by atoms with E-state index in [1.54, 1.807) is 0 Å². The Morgan fingerprint density at radius 3 is 2.59 bits per heavy atom. The molecule has 0 bridgehead atoms. The Bertz CT molecular complexity index is 218. The maximum Gasteiger partial charge on any atom is 0.0588 e. The fourth-order valence-electron chi connectivity index (χ4n) is 3.27. The standard InChI is InChI=1S/C14H28N2O/c1-16(2)14(8-3-4-9-14)12-15-10-7-13-6-5-11-17-13/h13,15H,3-12H2,1-2H3. The van der Waals surface area contributed by atoms with Crippen molar-refractivity contribution in [2.45, 2.75) is 56.6 Å². The van der Waals surface area contributed by atoms with Crippen LogP contribution < -0.4 is 5.32 Å². The van der Waals surface area contributed by atoms with E-state index < -0.39 is 0 Å². The van der Waals surface area contributed by atoms with Crippen molar-refractivity contribution in [1.29, 1.82) is 0 Å². The zero-order valence-corrected chi connectivity index (χ0v) is 11.5. The molecule has 1 heterocycles. The van der Waals surface area contributed by atoms with Gasteiger partial charge in [-0.15, -0.1) is 0 Å². The summed E-state index contributed by atoms with van der Waals surface area (Å²) >= 11 is 0. The fraction of sp³-hybridized carbons (Fsp3) is 1.00. The van der Waals surface area contributed by atoms with Crippen LogP contribution in [0, 0.1) is 0 Å². The molecule has 0 spiro atoms. The lowest BCUT2D eigenvalue weighted by Gasteiger charge is -2.36. The van der Waals surface area contributed by atoms with Crippen molar-refractivity contribution >= 4 is 0 Å². The van der Waals surface area contributed by atoms with E-state index in [1.807, 2.05) is 0 Å². The van der Waals surface area contributed by atoms with Gasteiger partial charge in [0.15, 0.2) is 0 Å². The van der Waals surface area contributed by atoms with Crippen LogP contribution in [-0.4, -0.2) is 50.3 Å². The maximum atomic E-state index is 5.65. The Balaban J connectivity index is 1.65. The SMILES string of the molecule is CN(C)C1(CNCCC2CCCO2)CCCC1. The average molecular weight is 240 g/mol. The lowest BCUT2D eigenvalue weighted by molar-refractivity contribution is 0.101. The molecule has 1 aliphatic carbocycles. The number of nitrogens with one attached hydrogen (secondary N) is 1. The van der Waals surface area contributed by atoms with Gasteiger partial charge in [-0.3, -0.25) is 0 Å². The smallest absolute Gasteiger partial charge is 0.0588 e. The Morgan fingerprint density at radius 2 is 2.00 bits per heavy atom. The highest BCUT2D eigenvalue weighted by molar-refractivity contribution is 4.94. The topological polar surface area (TPSA) is 24.5 Å². The van der Waals surface area contributed by atoms with Gasteiger partial charge in [0.2, 0.25) is 0 Å². The Hall–Kier alpha value is -0.120. The first kappa shape index (κ1) is 13.3. The van der Waals surface area contributed by atoms with Gasteiger partial charge in [0.1, 0.15) is 0 Å². The van der Waals surface area contributed by atoms with Gasteiger partial charge < -0.3 is 15.0 Å². The fourth-order valence-corrected chi connectivity index (χ4v) is 3.27. The second-order valence-corrected chi connectivity index (χ2v) is 5.93. The summed E-state index contributed by atoms with van der Waals surface area (Å²) in [4.78, 5) is 2.43. The summed E-state index contributed by atoms with van der Waals surface area (Å²) in [6, 6.07) is 0. The van der Waals surface area contributed by atoms with Crippen molar-refractivity contribution in [3.63, 3.8) is 0 Å². The molecule has 0 radical (unpaired) electrons. The minimum Gasteiger partial charge on any atom is -0.378 e. The molecular formula is C14H28N2O. The monoisotopic (exact) mass is 240 g/mol. The van der Waals surface area contributed by atoms with E-state index in [0.717, 1.165) is 19.7 Å². The minimum absolute atomic E-state index is 0.427. The van der Waals surface area contributed by atoms with Gasteiger partial charge in [0, 0.05) is 18.7 Å². The van der Waals surface area contributed by atoms with Crippen molar-refractivity contribution in [1.82, 2.24) is 10.2 Å². The van der Waals surface area contributed by atoms with Crippen LogP contribution in [0.2, 0.25) is 0 Å². The Morgan fingerprint density at radius 1 is 1.24 bits per heavy atom. The highest BCUT2D eigenvalue weighted by Crippen LogP contribution is 2.33. The second kappa shape index (κ2) is 6.17. The van der Waals surface area contributed by atoms with E-state index in [1.165, 1.54) is 44.9 Å². The summed E-state index contributed by atoms with van der Waals surface area (Å²) in [7, 11) is 4.46. The highest BCUT2D eigenvalue weighted by atomic mass is 16.5. The molecular weight excluding hydrogens is 212 g/mol. The van der Waals surface area contributed by atoms with Gasteiger partial charge >= 0.3 is 0 Å². The molecule has 0 aromatic rings. The third kappa shape index (κ3) is 3.43. The number of hydrogen-bond acceptors (Lipinski definition) is 3. The molecule has 1 atom stereocenters. The average Bonchev–Trinajstić information content (AvgIpc) is 2.96. The van der Waals surface area contributed by atoms with E-state index in [9.17, 15) is 0 Å². The van der Waals surface area contributed by atoms with Crippen LogP contribution in [0.5, 0.6) is 0 Å². The van der Waals surface area contributed by atoms with Crippen LogP contribution in [0.3, 0.4) is 0 Å². The van der Waals surface area contributed by atoms with Gasteiger partial charge in [0.25, 0.3) is 0 Å². The first-order chi connectivity index (χ1) is 8.23. The highest BCUT2D eigenvalue weighted by Gasteiger charge is 2.35. The second-order valence-electron chi connectivity index (χ2n) is 5.93. The number of nitrogens with zero attached hydrogens (tertiary/aromatic N) is 1. The van der Waals surface area contributed by atoms with Crippen molar-refractivity contribution < 1.29 is 4.74 Å². The van der Waals surface area contributed by atoms with Crippen LogP contribution in [0.4, 0.5) is 0 Å². The molecule has 1 aliphatic heterocycles. The molecule has 17 heavy (non-hydrogen) atoms. The van der Waals surface area contributed by atoms with Crippen LogP contribution in [0.25, 0.3) is 0 Å². The molecule has 2 rings (SSSR count). The maximum absolute atomic E-state index is 5.65. The van der Waals surface area contributed by atoms with E-state index in [-0.39, 0.29) is 0 Å². The molecule has 0 aromatic carbocycles. The zero-order chi connectivity index (χ0) is 12.1. The normalized spacial score (nSPS) is 28.1. The van der Waals surface area contributed by atoms with Crippen molar-refractivity contribution in [2.24, 2.45) is 0 Å². The predicted octanol–water partition coefficient (Wildman–Crippen LogP) is 2.02. The van der Waals surface area contributed by atoms with Crippen LogP contribution in [0.1, 0.15) is 44.9 Å². The van der Waals surface area contributed by atoms with Crippen molar-refractivity contribution in [3.05, 3.63) is 0 Å². The number of ether oxygens (including phenoxy) is 1. The molecule has 0 amide bonds. The Labute approximate surface area is 106 Å². The number of rotatable bonds is 6. The summed E-state index contributed by atoms with van der Waals surface area (Å²) in [5, 5.41) is 3.65. The molecule has 2 aliphatic rings. The molecule has 1 saturated carbocycles. The van der Waals surface area contributed by atoms with E-state index >= 15 is 0 Å². The lowest BCUT2D eigenvalue weighted by atomic mass is 9.96. The van der Waals surface area contributed by atoms with Crippen molar-refractivity contribution in [3.8, 4) is 0 Å². The van der Waals surface area contributed by atoms with Crippen molar-refractivity contribution in [2.75, 3.05) is 33.8 Å². The molecule has 100 valence electrons. The minimum atomic E-state index is 0.427. The van der Waals surface area contributed by atoms with Crippen LogP contribution in [-0.2, 0) is 4.74 Å². The zero-order valence-electron chi connectivity index (χ0n) is 11.5. The summed E-state index contributed by atoms with van der Waals surface area (Å²) in [5.41, 5.74) is 0.427. The molecule has 3 heteroatoms. The first-order valence-electron chi connectivity index (χ1n) is 7.23. The van der Waals surface area contributed by atoms with E-state index in [0.29, 0.717) is 11.6 Å². The lowest BCUT2D eigenvalue weighted by Crippen LogP contribution is -2.49. The quantitative estimate of drug-likeness (QED) is 0.719. The van der Waals surface area contributed by atoms with Gasteiger partial charge in [0.05, 0.1) is 6.10 Å². The molecule has 1 N–H and O–H groups in total. The van der Waals surface area contributed by atoms with Crippen LogP contribution >= 0.6 is 0 Å². The summed E-state index contributed by atoms with van der Waals surface area (Å²) in [6.45, 7) is 3.24. The third-order valence-electron chi connectivity index (χ3n) is 4.60. The molecule has 1 unspecified atom stereocenters. The molecule has 3 nitrogen and oxygen atoms in total. The molecule has 2 fully saturated rings. The number of hydrogen-bond donors (Lipinski definition) is 1.